The molecule has 1 atom stereocenters. The number of amides is 2. The second-order valence-electron chi connectivity index (χ2n) is 6.63. The van der Waals surface area contributed by atoms with Gasteiger partial charge in [-0.1, -0.05) is 13.3 Å². The van der Waals surface area contributed by atoms with Crippen molar-refractivity contribution in [3.05, 3.63) is 39.6 Å². The van der Waals surface area contributed by atoms with Crippen molar-refractivity contribution in [1.82, 2.24) is 0 Å². The molecular formula is C20H24N2O3S. The van der Waals surface area contributed by atoms with Gasteiger partial charge in [-0.25, -0.2) is 0 Å². The second kappa shape index (κ2) is 7.91. The zero-order valence-corrected chi connectivity index (χ0v) is 16.2. The van der Waals surface area contributed by atoms with E-state index in [1.807, 2.05) is 6.07 Å². The number of rotatable bonds is 5. The minimum atomic E-state index is -0.163. The highest BCUT2D eigenvalue weighted by Crippen LogP contribution is 2.34. The van der Waals surface area contributed by atoms with Crippen LogP contribution in [0.25, 0.3) is 0 Å². The molecule has 0 saturated carbocycles. The number of hydrogen-bond donors (Lipinski definition) is 2. The third kappa shape index (κ3) is 4.07. The number of nitrogens with one attached hydrogen (secondary N) is 2. The minimum absolute atomic E-state index is 0.143. The lowest BCUT2D eigenvalue weighted by atomic mass is 9.87. The van der Waals surface area contributed by atoms with E-state index in [0.717, 1.165) is 23.6 Å². The van der Waals surface area contributed by atoms with Crippen LogP contribution in [-0.4, -0.2) is 18.9 Å². The zero-order chi connectivity index (χ0) is 18.7. The van der Waals surface area contributed by atoms with Crippen LogP contribution in [0.4, 0.5) is 11.4 Å². The molecule has 1 heterocycles. The van der Waals surface area contributed by atoms with Gasteiger partial charge in [-0.2, -0.15) is 0 Å². The molecule has 5 nitrogen and oxygen atoms in total. The third-order valence-corrected chi connectivity index (χ3v) is 5.99. The quantitative estimate of drug-likeness (QED) is 0.813. The van der Waals surface area contributed by atoms with Crippen molar-refractivity contribution in [2.45, 2.75) is 39.5 Å². The lowest BCUT2D eigenvalue weighted by Crippen LogP contribution is -2.12. The molecule has 1 aliphatic carbocycles. The third-order valence-electron chi connectivity index (χ3n) is 4.75. The highest BCUT2D eigenvalue weighted by molar-refractivity contribution is 7.14. The Morgan fingerprint density at radius 3 is 2.77 bits per heavy atom. The molecule has 0 spiro atoms. The van der Waals surface area contributed by atoms with Crippen molar-refractivity contribution in [3.63, 3.8) is 0 Å². The normalized spacial score (nSPS) is 15.9. The average Bonchev–Trinajstić information content (AvgIpc) is 3.04. The number of fused-ring (bicyclic) bond motifs is 1. The van der Waals surface area contributed by atoms with Gasteiger partial charge in [-0.15, -0.1) is 11.3 Å². The van der Waals surface area contributed by atoms with E-state index in [9.17, 15) is 9.59 Å². The van der Waals surface area contributed by atoms with Crippen LogP contribution in [0.2, 0.25) is 0 Å². The van der Waals surface area contributed by atoms with E-state index in [2.05, 4.69) is 17.6 Å². The molecule has 0 saturated heterocycles. The van der Waals surface area contributed by atoms with Crippen molar-refractivity contribution >= 4 is 34.5 Å². The predicted octanol–water partition coefficient (Wildman–Crippen LogP) is 4.48. The molecule has 0 bridgehead atoms. The van der Waals surface area contributed by atoms with Crippen molar-refractivity contribution in [2.75, 3.05) is 17.7 Å². The van der Waals surface area contributed by atoms with Crippen LogP contribution in [0.3, 0.4) is 0 Å². The number of thiophene rings is 1. The summed E-state index contributed by atoms with van der Waals surface area (Å²) < 4.78 is 5.33. The first kappa shape index (κ1) is 18.5. The van der Waals surface area contributed by atoms with Crippen molar-refractivity contribution in [3.8, 4) is 5.75 Å². The first-order chi connectivity index (χ1) is 12.5. The molecule has 2 N–H and O–H groups in total. The maximum Gasteiger partial charge on any atom is 0.265 e. The van der Waals surface area contributed by atoms with Crippen LogP contribution >= 0.6 is 11.3 Å². The molecule has 6 heteroatoms. The fraction of sp³-hybridized carbons (Fsp3) is 0.400. The molecule has 1 aromatic heterocycles. The molecule has 0 radical (unpaired) electrons. The van der Waals surface area contributed by atoms with Crippen molar-refractivity contribution < 1.29 is 14.3 Å². The molecule has 138 valence electrons. The van der Waals surface area contributed by atoms with Crippen LogP contribution in [0.5, 0.6) is 5.75 Å². The summed E-state index contributed by atoms with van der Waals surface area (Å²) in [6.07, 6.45) is 4.52. The summed E-state index contributed by atoms with van der Waals surface area (Å²) in [5.41, 5.74) is 2.48. The molecule has 0 aliphatic heterocycles. The fourth-order valence-electron chi connectivity index (χ4n) is 3.33. The molecule has 26 heavy (non-hydrogen) atoms. The Bertz CT molecular complexity index is 828. The number of aryl methyl sites for hydroxylation is 1. The summed E-state index contributed by atoms with van der Waals surface area (Å²) in [6.45, 7) is 3.67. The Kier molecular flexibility index (Phi) is 5.61. The summed E-state index contributed by atoms with van der Waals surface area (Å²) >= 11 is 1.58. The van der Waals surface area contributed by atoms with Crippen LogP contribution in [-0.2, 0) is 17.6 Å². The summed E-state index contributed by atoms with van der Waals surface area (Å²) in [6, 6.07) is 7.21. The van der Waals surface area contributed by atoms with E-state index in [-0.39, 0.29) is 11.8 Å². The molecule has 2 aromatic rings. The molecule has 0 unspecified atom stereocenters. The Morgan fingerprint density at radius 1 is 1.27 bits per heavy atom. The Morgan fingerprint density at radius 2 is 2.08 bits per heavy atom. The van der Waals surface area contributed by atoms with E-state index in [0.29, 0.717) is 17.1 Å². The minimum Gasteiger partial charge on any atom is -0.495 e. The van der Waals surface area contributed by atoms with Gasteiger partial charge in [0.15, 0.2) is 0 Å². The predicted molar refractivity (Wildman–Crippen MR) is 105 cm³/mol. The van der Waals surface area contributed by atoms with Gasteiger partial charge < -0.3 is 15.4 Å². The Hall–Kier alpha value is -2.34. The number of methoxy groups -OCH3 is 1. The van der Waals surface area contributed by atoms with Gasteiger partial charge in [-0.3, -0.25) is 9.59 Å². The standard InChI is InChI=1S/C20H24N2O3S/c1-4-13-5-8-18-14(9-13)10-19(26-18)20(24)22-16-11-15(21-12(2)23)6-7-17(16)25-3/h6-7,10-11,13H,4-5,8-9H2,1-3H3,(H,21,23)(H,22,24)/t13-/m0/s1. The fourth-order valence-corrected chi connectivity index (χ4v) is 4.43. The molecular weight excluding hydrogens is 348 g/mol. The number of ether oxygens (including phenoxy) is 1. The smallest absolute Gasteiger partial charge is 0.265 e. The monoisotopic (exact) mass is 372 g/mol. The summed E-state index contributed by atoms with van der Waals surface area (Å²) in [5, 5.41) is 5.64. The maximum absolute atomic E-state index is 12.7. The van der Waals surface area contributed by atoms with Crippen molar-refractivity contribution in [2.24, 2.45) is 5.92 Å². The molecule has 1 aromatic carbocycles. The first-order valence-electron chi connectivity index (χ1n) is 8.88. The maximum atomic E-state index is 12.7. The highest BCUT2D eigenvalue weighted by atomic mass is 32.1. The summed E-state index contributed by atoms with van der Waals surface area (Å²) in [7, 11) is 1.55. The van der Waals surface area contributed by atoms with Gasteiger partial charge in [0.2, 0.25) is 5.91 Å². The number of anilines is 2. The van der Waals surface area contributed by atoms with E-state index in [1.54, 1.807) is 36.6 Å². The van der Waals surface area contributed by atoms with Gasteiger partial charge in [-0.05, 0) is 55.0 Å². The summed E-state index contributed by atoms with van der Waals surface area (Å²) in [5.74, 6) is 0.974. The van der Waals surface area contributed by atoms with E-state index in [1.165, 1.54) is 30.2 Å². The average molecular weight is 372 g/mol. The van der Waals surface area contributed by atoms with E-state index >= 15 is 0 Å². The van der Waals surface area contributed by atoms with Gasteiger partial charge in [0.1, 0.15) is 5.75 Å². The van der Waals surface area contributed by atoms with Gasteiger partial charge >= 0.3 is 0 Å². The lowest BCUT2D eigenvalue weighted by molar-refractivity contribution is -0.114. The molecule has 0 fully saturated rings. The number of carbonyl (C=O) groups excluding carboxylic acids is 2. The van der Waals surface area contributed by atoms with Crippen LogP contribution in [0, 0.1) is 5.92 Å². The Labute approximate surface area is 157 Å². The van der Waals surface area contributed by atoms with Gasteiger partial charge in [0.25, 0.3) is 5.91 Å². The van der Waals surface area contributed by atoms with Crippen molar-refractivity contribution in [1.29, 1.82) is 0 Å². The largest absolute Gasteiger partial charge is 0.495 e. The first-order valence-corrected chi connectivity index (χ1v) is 9.70. The lowest BCUT2D eigenvalue weighted by Gasteiger charge is -2.19. The SMILES string of the molecule is CC[C@H]1CCc2sc(C(=O)Nc3cc(NC(C)=O)ccc3OC)cc2C1. The van der Waals surface area contributed by atoms with E-state index < -0.39 is 0 Å². The number of hydrogen-bond acceptors (Lipinski definition) is 4. The Balaban J connectivity index is 1.79. The van der Waals surface area contributed by atoms with Crippen LogP contribution in [0.1, 0.15) is 46.8 Å². The number of benzene rings is 1. The molecule has 1 aliphatic rings. The van der Waals surface area contributed by atoms with Crippen LogP contribution in [0.15, 0.2) is 24.3 Å². The number of carbonyl (C=O) groups is 2. The second-order valence-corrected chi connectivity index (χ2v) is 7.76. The molecule has 2 amide bonds. The van der Waals surface area contributed by atoms with Gasteiger partial charge in [0.05, 0.1) is 17.7 Å². The zero-order valence-electron chi connectivity index (χ0n) is 15.3. The van der Waals surface area contributed by atoms with Crippen LogP contribution < -0.4 is 15.4 Å². The van der Waals surface area contributed by atoms with Gasteiger partial charge in [0, 0.05) is 17.5 Å². The highest BCUT2D eigenvalue weighted by Gasteiger charge is 2.22. The van der Waals surface area contributed by atoms with E-state index in [4.69, 9.17) is 4.74 Å². The molecule has 3 rings (SSSR count). The topological polar surface area (TPSA) is 67.4 Å². The summed E-state index contributed by atoms with van der Waals surface area (Å²) in [4.78, 5) is 26.1.